The molecule has 3 aliphatic rings. The van der Waals surface area contributed by atoms with E-state index in [-0.39, 0.29) is 5.91 Å². The highest BCUT2D eigenvalue weighted by Gasteiger charge is 2.64. The summed E-state index contributed by atoms with van der Waals surface area (Å²) in [6, 6.07) is 16.5. The van der Waals surface area contributed by atoms with Crippen molar-refractivity contribution in [2.45, 2.75) is 18.9 Å². The molecule has 5 heteroatoms. The molecular formula is C24H21N3O2. The summed E-state index contributed by atoms with van der Waals surface area (Å²) in [6.45, 7) is 1.36. The van der Waals surface area contributed by atoms with Crippen LogP contribution in [0.5, 0.6) is 5.75 Å². The van der Waals surface area contributed by atoms with Crippen LogP contribution < -0.4 is 4.74 Å². The van der Waals surface area contributed by atoms with Gasteiger partial charge in [0, 0.05) is 12.4 Å². The van der Waals surface area contributed by atoms with Crippen LogP contribution in [-0.4, -0.2) is 33.9 Å². The maximum Gasteiger partial charge on any atom is 0.258 e. The minimum Gasteiger partial charge on any atom is -0.491 e. The van der Waals surface area contributed by atoms with Crippen LogP contribution in [0.1, 0.15) is 34.1 Å². The van der Waals surface area contributed by atoms with E-state index in [2.05, 4.69) is 34.2 Å². The first-order valence-corrected chi connectivity index (χ1v) is 10.2. The average molecular weight is 383 g/mol. The van der Waals surface area contributed by atoms with E-state index < -0.39 is 0 Å². The lowest BCUT2D eigenvalue weighted by atomic mass is 9.97. The van der Waals surface area contributed by atoms with Gasteiger partial charge in [0.15, 0.2) is 0 Å². The van der Waals surface area contributed by atoms with Gasteiger partial charge in [0.25, 0.3) is 5.91 Å². The summed E-state index contributed by atoms with van der Waals surface area (Å²) >= 11 is 0. The summed E-state index contributed by atoms with van der Waals surface area (Å²) < 4.78 is 5.85. The molecule has 0 bridgehead atoms. The third kappa shape index (κ3) is 2.97. The Kier molecular flexibility index (Phi) is 3.69. The highest BCUT2D eigenvalue weighted by atomic mass is 16.5. The number of hydrogen-bond acceptors (Lipinski definition) is 4. The summed E-state index contributed by atoms with van der Waals surface area (Å²) in [6.07, 6.45) is 4.81. The monoisotopic (exact) mass is 383 g/mol. The second kappa shape index (κ2) is 6.41. The fourth-order valence-corrected chi connectivity index (χ4v) is 4.44. The van der Waals surface area contributed by atoms with Gasteiger partial charge in [-0.2, -0.15) is 0 Å². The predicted molar refractivity (Wildman–Crippen MR) is 108 cm³/mol. The number of benzene rings is 2. The number of amides is 1. The fourth-order valence-electron chi connectivity index (χ4n) is 4.44. The van der Waals surface area contributed by atoms with Crippen LogP contribution in [0.4, 0.5) is 0 Å². The van der Waals surface area contributed by atoms with E-state index in [4.69, 9.17) is 4.74 Å². The van der Waals surface area contributed by atoms with Gasteiger partial charge in [0.2, 0.25) is 0 Å². The van der Waals surface area contributed by atoms with E-state index in [1.54, 1.807) is 23.4 Å². The summed E-state index contributed by atoms with van der Waals surface area (Å²) in [4.78, 5) is 23.5. The maximum atomic E-state index is 13.2. The molecule has 1 amide bonds. The Hall–Kier alpha value is -3.21. The van der Waals surface area contributed by atoms with Crippen LogP contribution in [0, 0.1) is 11.8 Å². The van der Waals surface area contributed by atoms with Gasteiger partial charge in [0.05, 0.1) is 18.7 Å². The Bertz CT molecular complexity index is 1070. The third-order valence-corrected chi connectivity index (χ3v) is 6.37. The number of carbonyl (C=O) groups excluding carboxylic acids is 1. The molecule has 29 heavy (non-hydrogen) atoms. The van der Waals surface area contributed by atoms with Gasteiger partial charge in [-0.25, -0.2) is 9.97 Å². The van der Waals surface area contributed by atoms with Crippen LogP contribution in [-0.2, 0) is 6.54 Å². The lowest BCUT2D eigenvalue weighted by molar-refractivity contribution is 0.0738. The molecule has 144 valence electrons. The first kappa shape index (κ1) is 16.7. The second-order valence-electron chi connectivity index (χ2n) is 8.16. The molecule has 6 rings (SSSR count). The highest BCUT2D eigenvalue weighted by Crippen LogP contribution is 2.73. The van der Waals surface area contributed by atoms with Crippen LogP contribution >= 0.6 is 0 Å². The van der Waals surface area contributed by atoms with Gasteiger partial charge in [0.1, 0.15) is 18.2 Å². The first-order chi connectivity index (χ1) is 14.3. The van der Waals surface area contributed by atoms with Crippen LogP contribution in [0.3, 0.4) is 0 Å². The van der Waals surface area contributed by atoms with Crippen LogP contribution in [0.25, 0.3) is 11.1 Å². The Labute approximate surface area is 169 Å². The maximum absolute atomic E-state index is 13.2. The minimum atomic E-state index is -0.0403. The molecule has 1 aliphatic heterocycles. The molecular weight excluding hydrogens is 362 g/mol. The van der Waals surface area contributed by atoms with Gasteiger partial charge < -0.3 is 9.64 Å². The molecule has 2 heterocycles. The van der Waals surface area contributed by atoms with Gasteiger partial charge >= 0.3 is 0 Å². The Morgan fingerprint density at radius 1 is 1.00 bits per heavy atom. The largest absolute Gasteiger partial charge is 0.491 e. The molecule has 2 unspecified atom stereocenters. The number of rotatable bonds is 4. The fraction of sp³-hybridized carbons (Fsp3) is 0.292. The Morgan fingerprint density at radius 3 is 2.48 bits per heavy atom. The van der Waals surface area contributed by atoms with E-state index in [1.165, 1.54) is 12.0 Å². The van der Waals surface area contributed by atoms with Crippen LogP contribution in [0.2, 0.25) is 0 Å². The Morgan fingerprint density at radius 2 is 1.76 bits per heavy atom. The molecule has 2 saturated carbocycles. The quantitative estimate of drug-likeness (QED) is 0.685. The molecule has 5 nitrogen and oxygen atoms in total. The number of ether oxygens (including phenoxy) is 1. The molecule has 2 fully saturated rings. The average Bonchev–Trinajstić information content (AvgIpc) is 3.66. The van der Waals surface area contributed by atoms with Crippen molar-refractivity contribution in [2.75, 3.05) is 13.2 Å². The van der Waals surface area contributed by atoms with E-state index in [9.17, 15) is 4.79 Å². The molecule has 0 saturated heterocycles. The summed E-state index contributed by atoms with van der Waals surface area (Å²) in [5.74, 6) is 3.96. The number of nitrogens with zero attached hydrogens (tertiary/aromatic N) is 3. The van der Waals surface area contributed by atoms with E-state index in [0.29, 0.717) is 36.8 Å². The van der Waals surface area contributed by atoms with Crippen molar-refractivity contribution in [2.24, 2.45) is 11.8 Å². The van der Waals surface area contributed by atoms with Gasteiger partial charge in [-0.1, -0.05) is 30.3 Å². The summed E-state index contributed by atoms with van der Waals surface area (Å²) in [5.41, 5.74) is 4.22. The molecule has 2 aliphatic carbocycles. The smallest absolute Gasteiger partial charge is 0.258 e. The van der Waals surface area contributed by atoms with Gasteiger partial charge in [-0.3, -0.25) is 4.79 Å². The summed E-state index contributed by atoms with van der Waals surface area (Å²) in [7, 11) is 0. The van der Waals surface area contributed by atoms with Gasteiger partial charge in [-0.05, 0) is 59.1 Å². The van der Waals surface area contributed by atoms with E-state index >= 15 is 0 Å². The van der Waals surface area contributed by atoms with Crippen molar-refractivity contribution in [3.63, 3.8) is 0 Å². The molecule has 3 aromatic rings. The third-order valence-electron chi connectivity index (χ3n) is 6.37. The number of hydrogen-bond donors (Lipinski definition) is 0. The first-order valence-electron chi connectivity index (χ1n) is 10.2. The van der Waals surface area contributed by atoms with Crippen molar-refractivity contribution in [1.29, 1.82) is 0 Å². The molecule has 0 N–H and O–H groups in total. The molecule has 0 radical (unpaired) electrons. The molecule has 2 atom stereocenters. The van der Waals surface area contributed by atoms with Crippen LogP contribution in [0.15, 0.2) is 60.9 Å². The van der Waals surface area contributed by atoms with Crippen molar-refractivity contribution in [3.05, 3.63) is 77.9 Å². The second-order valence-corrected chi connectivity index (χ2v) is 8.16. The zero-order chi connectivity index (χ0) is 19.4. The zero-order valence-electron chi connectivity index (χ0n) is 16.0. The minimum absolute atomic E-state index is 0.0403. The topological polar surface area (TPSA) is 55.3 Å². The number of fused-ring (bicyclic) bond motifs is 2. The normalized spacial score (nSPS) is 24.2. The van der Waals surface area contributed by atoms with Crippen molar-refractivity contribution >= 4 is 5.91 Å². The predicted octanol–water partition coefficient (Wildman–Crippen LogP) is 3.91. The van der Waals surface area contributed by atoms with Crippen molar-refractivity contribution in [3.8, 4) is 16.9 Å². The van der Waals surface area contributed by atoms with Crippen molar-refractivity contribution in [1.82, 2.24) is 14.9 Å². The Balaban J connectivity index is 1.28. The molecule has 0 spiro atoms. The highest BCUT2D eigenvalue weighted by molar-refractivity contribution is 5.98. The summed E-state index contributed by atoms with van der Waals surface area (Å²) in [5, 5.41) is 0. The number of aromatic nitrogens is 2. The lowest BCUT2D eigenvalue weighted by Crippen LogP contribution is -2.32. The lowest BCUT2D eigenvalue weighted by Gasteiger charge is -2.19. The van der Waals surface area contributed by atoms with Gasteiger partial charge in [-0.15, -0.1) is 0 Å². The van der Waals surface area contributed by atoms with Crippen molar-refractivity contribution < 1.29 is 9.53 Å². The number of carbonyl (C=O) groups is 1. The molecule has 2 aromatic carbocycles. The zero-order valence-corrected chi connectivity index (χ0v) is 16.0. The van der Waals surface area contributed by atoms with E-state index in [1.807, 2.05) is 18.2 Å². The van der Waals surface area contributed by atoms with E-state index in [0.717, 1.165) is 28.9 Å². The molecule has 1 aromatic heterocycles. The SMILES string of the molecule is O=C1c2cc(-c3ccc(C4C5CC54)cc3)ccc2OCCN1Cc1ncccn1. The standard InChI is InChI=1S/C24H21N3O2/c28-24-20-12-17(15-2-4-16(5-3-15)23-18-13-19(18)23)6-7-21(20)29-11-10-27(24)14-22-25-8-1-9-26-22/h1-9,12,18-19,23H,10-11,13-14H2.